The van der Waals surface area contributed by atoms with Crippen LogP contribution in [0.2, 0.25) is 0 Å². The van der Waals surface area contributed by atoms with Gasteiger partial charge in [0.25, 0.3) is 5.91 Å². The predicted octanol–water partition coefficient (Wildman–Crippen LogP) is 4.25. The number of hydrogen-bond acceptors (Lipinski definition) is 3. The molecule has 1 amide bonds. The maximum atomic E-state index is 12.8. The molecule has 0 bridgehead atoms. The maximum absolute atomic E-state index is 12.8. The van der Waals surface area contributed by atoms with Crippen LogP contribution < -0.4 is 4.74 Å². The number of nitrogens with zero attached hydrogens (tertiary/aromatic N) is 1. The Hall–Kier alpha value is -2.62. The fraction of sp³-hybridized carbons (Fsp3) is 0.391. The van der Waals surface area contributed by atoms with Gasteiger partial charge in [-0.15, -0.1) is 0 Å². The van der Waals surface area contributed by atoms with Crippen LogP contribution in [0.4, 0.5) is 0 Å². The largest absolute Gasteiger partial charge is 0.486 e. The first-order valence-electron chi connectivity index (χ1n) is 9.56. The van der Waals surface area contributed by atoms with Gasteiger partial charge < -0.3 is 9.64 Å². The third-order valence-electron chi connectivity index (χ3n) is 5.79. The molecule has 0 aromatic heterocycles. The molecule has 0 N–H and O–H groups in total. The van der Waals surface area contributed by atoms with Crippen molar-refractivity contribution in [3.8, 4) is 5.75 Å². The van der Waals surface area contributed by atoms with Crippen molar-refractivity contribution >= 4 is 11.7 Å². The lowest BCUT2D eigenvalue weighted by Crippen LogP contribution is -2.52. The zero-order valence-electron chi connectivity index (χ0n) is 16.2. The molecule has 0 atom stereocenters. The second-order valence-electron chi connectivity index (χ2n) is 8.00. The van der Waals surface area contributed by atoms with E-state index in [1.54, 1.807) is 0 Å². The van der Waals surface area contributed by atoms with Crippen LogP contribution in [-0.4, -0.2) is 35.3 Å². The van der Waals surface area contributed by atoms with Crippen molar-refractivity contribution < 1.29 is 14.3 Å². The number of benzene rings is 2. The Kier molecular flexibility index (Phi) is 4.29. The maximum Gasteiger partial charge on any atom is 0.253 e. The van der Waals surface area contributed by atoms with Crippen LogP contribution in [0.1, 0.15) is 56.7 Å². The lowest BCUT2D eigenvalue weighted by Gasteiger charge is -2.44. The Labute approximate surface area is 160 Å². The van der Waals surface area contributed by atoms with E-state index in [1.165, 1.54) is 0 Å². The number of fused-ring (bicyclic) bond motifs is 1. The van der Waals surface area contributed by atoms with Crippen molar-refractivity contribution in [1.29, 1.82) is 0 Å². The molecular formula is C23H25NO3. The number of carbonyl (C=O) groups excluding carboxylic acids is 2. The van der Waals surface area contributed by atoms with E-state index in [2.05, 4.69) is 0 Å². The lowest BCUT2D eigenvalue weighted by atomic mass is 9.81. The first-order chi connectivity index (χ1) is 12.9. The zero-order chi connectivity index (χ0) is 19.2. The molecule has 1 saturated heterocycles. The summed E-state index contributed by atoms with van der Waals surface area (Å²) >= 11 is 0. The minimum absolute atomic E-state index is 0.0547. The third kappa shape index (κ3) is 3.25. The summed E-state index contributed by atoms with van der Waals surface area (Å²) < 4.78 is 6.38. The Bertz CT molecular complexity index is 906. The van der Waals surface area contributed by atoms with Crippen molar-refractivity contribution in [2.24, 2.45) is 0 Å². The summed E-state index contributed by atoms with van der Waals surface area (Å²) in [5.41, 5.74) is 4.19. The second-order valence-corrected chi connectivity index (χ2v) is 8.00. The van der Waals surface area contributed by atoms with Gasteiger partial charge in [-0.25, -0.2) is 0 Å². The number of aryl methyl sites for hydroxylation is 3. The molecule has 140 valence electrons. The van der Waals surface area contributed by atoms with E-state index in [4.69, 9.17) is 4.74 Å². The number of rotatable bonds is 1. The van der Waals surface area contributed by atoms with E-state index < -0.39 is 5.60 Å². The molecule has 2 aromatic rings. The zero-order valence-corrected chi connectivity index (χ0v) is 16.2. The van der Waals surface area contributed by atoms with Gasteiger partial charge in [0.05, 0.1) is 12.0 Å². The second kappa shape index (κ2) is 6.52. The summed E-state index contributed by atoms with van der Waals surface area (Å²) in [5.74, 6) is 0.924. The Balaban J connectivity index is 1.51. The van der Waals surface area contributed by atoms with Gasteiger partial charge in [0.1, 0.15) is 11.4 Å². The molecule has 2 heterocycles. The van der Waals surface area contributed by atoms with Crippen molar-refractivity contribution in [3.63, 3.8) is 0 Å². The summed E-state index contributed by atoms with van der Waals surface area (Å²) in [6, 6.07) is 11.7. The van der Waals surface area contributed by atoms with E-state index in [0.29, 0.717) is 43.7 Å². The number of ketones is 1. The van der Waals surface area contributed by atoms with Gasteiger partial charge in [0.15, 0.2) is 5.78 Å². The van der Waals surface area contributed by atoms with Crippen LogP contribution >= 0.6 is 0 Å². The smallest absolute Gasteiger partial charge is 0.253 e. The highest BCUT2D eigenvalue weighted by molar-refractivity contribution is 6.02. The van der Waals surface area contributed by atoms with Gasteiger partial charge in [-0.2, -0.15) is 0 Å². The van der Waals surface area contributed by atoms with E-state index in [1.807, 2.05) is 62.1 Å². The number of carbonyl (C=O) groups is 2. The molecule has 0 saturated carbocycles. The van der Waals surface area contributed by atoms with Crippen molar-refractivity contribution in [2.45, 2.75) is 45.6 Å². The lowest BCUT2D eigenvalue weighted by molar-refractivity contribution is -0.00580. The molecule has 4 rings (SSSR count). The molecule has 27 heavy (non-hydrogen) atoms. The molecule has 2 aromatic carbocycles. The summed E-state index contributed by atoms with van der Waals surface area (Å²) in [7, 11) is 0. The van der Waals surface area contributed by atoms with Crippen LogP contribution in [0.25, 0.3) is 0 Å². The molecule has 2 aliphatic heterocycles. The molecule has 2 aliphatic rings. The Morgan fingerprint density at radius 2 is 1.67 bits per heavy atom. The molecule has 0 aliphatic carbocycles. The van der Waals surface area contributed by atoms with Crippen LogP contribution in [0, 0.1) is 20.8 Å². The average molecular weight is 363 g/mol. The predicted molar refractivity (Wildman–Crippen MR) is 105 cm³/mol. The Morgan fingerprint density at radius 3 is 2.33 bits per heavy atom. The molecule has 1 fully saturated rings. The molecule has 0 radical (unpaired) electrons. The topological polar surface area (TPSA) is 46.6 Å². The van der Waals surface area contributed by atoms with Crippen LogP contribution in [0.15, 0.2) is 36.4 Å². The standard InChI is InChI=1S/C23H25NO3/c1-15-4-6-18(7-5-15)22(26)24-10-8-23(9-11-24)14-19(25)21-17(3)12-16(2)13-20(21)27-23/h4-7,12-13H,8-11,14H2,1-3H3. The molecule has 1 spiro atoms. The van der Waals surface area contributed by atoms with E-state index >= 15 is 0 Å². The monoisotopic (exact) mass is 363 g/mol. The van der Waals surface area contributed by atoms with Gasteiger partial charge in [0, 0.05) is 31.5 Å². The number of amides is 1. The summed E-state index contributed by atoms with van der Waals surface area (Å²) in [6.07, 6.45) is 1.77. The molecular weight excluding hydrogens is 338 g/mol. The van der Waals surface area contributed by atoms with Crippen LogP contribution in [0.5, 0.6) is 5.75 Å². The Morgan fingerprint density at radius 1 is 1.00 bits per heavy atom. The van der Waals surface area contributed by atoms with Crippen LogP contribution in [0.3, 0.4) is 0 Å². The first kappa shape index (κ1) is 17.8. The molecule has 4 heteroatoms. The highest BCUT2D eigenvalue weighted by atomic mass is 16.5. The van der Waals surface area contributed by atoms with Crippen molar-refractivity contribution in [2.75, 3.05) is 13.1 Å². The average Bonchev–Trinajstić information content (AvgIpc) is 2.61. The SMILES string of the molecule is Cc1ccc(C(=O)N2CCC3(CC2)CC(=O)c2c(C)cc(C)cc2O3)cc1. The fourth-order valence-corrected chi connectivity index (χ4v) is 4.29. The van der Waals surface area contributed by atoms with Gasteiger partial charge in [-0.3, -0.25) is 9.59 Å². The highest BCUT2D eigenvalue weighted by Crippen LogP contribution is 2.41. The fourth-order valence-electron chi connectivity index (χ4n) is 4.29. The normalized spacial score (nSPS) is 18.2. The number of ether oxygens (including phenoxy) is 1. The minimum atomic E-state index is -0.478. The summed E-state index contributed by atoms with van der Waals surface area (Å²) in [6.45, 7) is 7.22. The quantitative estimate of drug-likeness (QED) is 0.761. The van der Waals surface area contributed by atoms with Gasteiger partial charge in [-0.1, -0.05) is 23.8 Å². The minimum Gasteiger partial charge on any atom is -0.486 e. The number of Topliss-reactive ketones (excluding diaryl/α,β-unsaturated/α-hetero) is 1. The number of piperidine rings is 1. The first-order valence-corrected chi connectivity index (χ1v) is 9.56. The molecule has 4 nitrogen and oxygen atoms in total. The van der Waals surface area contributed by atoms with Crippen molar-refractivity contribution in [3.05, 3.63) is 64.2 Å². The molecule has 0 unspecified atom stereocenters. The van der Waals surface area contributed by atoms with Gasteiger partial charge in [-0.05, 0) is 50.1 Å². The third-order valence-corrected chi connectivity index (χ3v) is 5.79. The number of likely N-dealkylation sites (tertiary alicyclic amines) is 1. The summed E-state index contributed by atoms with van der Waals surface area (Å²) in [4.78, 5) is 27.4. The van der Waals surface area contributed by atoms with Gasteiger partial charge >= 0.3 is 0 Å². The van der Waals surface area contributed by atoms with E-state index in [0.717, 1.165) is 22.3 Å². The van der Waals surface area contributed by atoms with E-state index in [9.17, 15) is 9.59 Å². The summed E-state index contributed by atoms with van der Waals surface area (Å²) in [5, 5.41) is 0. The van der Waals surface area contributed by atoms with Crippen molar-refractivity contribution in [1.82, 2.24) is 4.90 Å². The highest BCUT2D eigenvalue weighted by Gasteiger charge is 2.44. The van der Waals surface area contributed by atoms with Crippen LogP contribution in [-0.2, 0) is 0 Å². The van der Waals surface area contributed by atoms with E-state index in [-0.39, 0.29) is 11.7 Å². The number of hydrogen-bond donors (Lipinski definition) is 0. The van der Waals surface area contributed by atoms with Gasteiger partial charge in [0.2, 0.25) is 0 Å².